The average Bonchev–Trinajstić information content (AvgIpc) is 2.40. The zero-order valence-electron chi connectivity index (χ0n) is 13.5. The summed E-state index contributed by atoms with van der Waals surface area (Å²) in [5.74, 6) is -1.51. The first-order chi connectivity index (χ1) is 9.44. The zero-order chi connectivity index (χ0) is 16.0. The van der Waals surface area contributed by atoms with Crippen LogP contribution >= 0.6 is 0 Å². The van der Waals surface area contributed by atoms with E-state index in [-0.39, 0.29) is 49.6 Å². The number of rotatable bonds is 10. The summed E-state index contributed by atoms with van der Waals surface area (Å²) < 4.78 is 0. The fourth-order valence-electron chi connectivity index (χ4n) is 1.91. The van der Waals surface area contributed by atoms with E-state index in [0.29, 0.717) is 0 Å². The van der Waals surface area contributed by atoms with Gasteiger partial charge in [0.15, 0.2) is 0 Å². The summed E-state index contributed by atoms with van der Waals surface area (Å²) >= 11 is 0. The van der Waals surface area contributed by atoms with Crippen molar-refractivity contribution in [2.24, 2.45) is 11.8 Å². The van der Waals surface area contributed by atoms with Crippen molar-refractivity contribution < 1.29 is 19.8 Å². The molecule has 0 radical (unpaired) electrons. The Kier molecular flexibility index (Phi) is 22.7. The molecule has 0 rings (SSSR count). The predicted octanol–water partition coefficient (Wildman–Crippen LogP) is 3.66. The van der Waals surface area contributed by atoms with E-state index >= 15 is 0 Å². The first-order valence-electron chi connectivity index (χ1n) is 7.89. The van der Waals surface area contributed by atoms with Crippen LogP contribution in [-0.2, 0) is 9.59 Å². The summed E-state index contributed by atoms with van der Waals surface area (Å²) in [7, 11) is 0. The van der Waals surface area contributed by atoms with Gasteiger partial charge in [0.25, 0.3) is 0 Å². The molecule has 0 saturated heterocycles. The molecule has 0 spiro atoms. The molecule has 0 amide bonds. The SMILES string of the molecule is CCCCC(CC)C(=O)O.CCCCC(CC)C(=O)O.[CaH2]. The summed E-state index contributed by atoms with van der Waals surface area (Å²) in [6.45, 7) is 8.01. The van der Waals surface area contributed by atoms with Crippen LogP contribution < -0.4 is 0 Å². The molecule has 0 heterocycles. The molecular formula is C16H34CaO4. The van der Waals surface area contributed by atoms with Crippen molar-refractivity contribution in [2.45, 2.75) is 79.1 Å². The Hall–Kier alpha value is 0.200. The molecule has 2 unspecified atom stereocenters. The van der Waals surface area contributed by atoms with Gasteiger partial charge in [0.1, 0.15) is 0 Å². The first kappa shape index (κ1) is 26.1. The normalized spacial score (nSPS) is 12.4. The van der Waals surface area contributed by atoms with E-state index in [1.165, 1.54) is 0 Å². The molecule has 5 heteroatoms. The van der Waals surface area contributed by atoms with E-state index in [1.807, 2.05) is 13.8 Å². The van der Waals surface area contributed by atoms with Crippen LogP contribution in [0.1, 0.15) is 79.1 Å². The summed E-state index contributed by atoms with van der Waals surface area (Å²) in [6.07, 6.45) is 7.43. The fraction of sp³-hybridized carbons (Fsp3) is 0.875. The van der Waals surface area contributed by atoms with Crippen LogP contribution in [0.3, 0.4) is 0 Å². The molecule has 124 valence electrons. The quantitative estimate of drug-likeness (QED) is 0.599. The van der Waals surface area contributed by atoms with Crippen molar-refractivity contribution in [3.05, 3.63) is 0 Å². The number of carboxylic acids is 2. The molecule has 0 aliphatic heterocycles. The van der Waals surface area contributed by atoms with E-state index in [2.05, 4.69) is 13.8 Å². The van der Waals surface area contributed by atoms with Gasteiger partial charge in [0, 0.05) is 0 Å². The van der Waals surface area contributed by atoms with E-state index in [1.54, 1.807) is 0 Å². The van der Waals surface area contributed by atoms with Gasteiger partial charge in [-0.25, -0.2) is 0 Å². The predicted molar refractivity (Wildman–Crippen MR) is 90.4 cm³/mol. The molecule has 0 saturated carbocycles. The van der Waals surface area contributed by atoms with E-state index in [0.717, 1.165) is 51.4 Å². The van der Waals surface area contributed by atoms with Crippen LogP contribution in [0.5, 0.6) is 0 Å². The number of carbonyl (C=O) groups is 2. The average molecular weight is 331 g/mol. The van der Waals surface area contributed by atoms with Crippen molar-refractivity contribution in [1.82, 2.24) is 0 Å². The van der Waals surface area contributed by atoms with E-state index < -0.39 is 11.9 Å². The minimum atomic E-state index is -0.643. The third kappa shape index (κ3) is 16.4. The van der Waals surface area contributed by atoms with Gasteiger partial charge < -0.3 is 10.2 Å². The summed E-state index contributed by atoms with van der Waals surface area (Å²) in [5, 5.41) is 17.2. The molecular weight excluding hydrogens is 296 g/mol. The van der Waals surface area contributed by atoms with Crippen molar-refractivity contribution >= 4 is 49.7 Å². The molecule has 0 aliphatic carbocycles. The number of hydrogen-bond donors (Lipinski definition) is 2. The van der Waals surface area contributed by atoms with Crippen molar-refractivity contribution in [2.75, 3.05) is 0 Å². The first-order valence-corrected chi connectivity index (χ1v) is 7.89. The standard InChI is InChI=1S/2C8H16O2.Ca.2H/c2*1-3-5-6-7(4-2)8(9)10;;;/h2*7H,3-6H2,1-2H3,(H,9,10);;;. The molecule has 21 heavy (non-hydrogen) atoms. The molecule has 0 aromatic rings. The van der Waals surface area contributed by atoms with E-state index in [9.17, 15) is 9.59 Å². The van der Waals surface area contributed by atoms with E-state index in [4.69, 9.17) is 10.2 Å². The zero-order valence-corrected chi connectivity index (χ0v) is 13.5. The monoisotopic (exact) mass is 330 g/mol. The number of carboxylic acid groups (broad SMARTS) is 2. The van der Waals surface area contributed by atoms with Crippen molar-refractivity contribution in [1.29, 1.82) is 0 Å². The van der Waals surface area contributed by atoms with Gasteiger partial charge in [-0.05, 0) is 25.7 Å². The summed E-state index contributed by atoms with van der Waals surface area (Å²) in [4.78, 5) is 20.9. The molecule has 0 fully saturated rings. The van der Waals surface area contributed by atoms with Crippen LogP contribution in [0, 0.1) is 11.8 Å². The Bertz CT molecular complexity index is 231. The molecule has 2 N–H and O–H groups in total. The second-order valence-electron chi connectivity index (χ2n) is 5.17. The summed E-state index contributed by atoms with van der Waals surface area (Å²) in [5.41, 5.74) is 0. The Morgan fingerprint density at radius 1 is 0.762 bits per heavy atom. The van der Waals surface area contributed by atoms with Gasteiger partial charge >= 0.3 is 49.7 Å². The van der Waals surface area contributed by atoms with Crippen LogP contribution in [0.25, 0.3) is 0 Å². The van der Waals surface area contributed by atoms with Crippen LogP contribution in [0.4, 0.5) is 0 Å². The van der Waals surface area contributed by atoms with Crippen LogP contribution in [-0.4, -0.2) is 59.9 Å². The summed E-state index contributed by atoms with van der Waals surface area (Å²) in [6, 6.07) is 0. The van der Waals surface area contributed by atoms with Crippen LogP contribution in [0.2, 0.25) is 0 Å². The molecule has 0 aromatic carbocycles. The van der Waals surface area contributed by atoms with Gasteiger partial charge in [-0.1, -0.05) is 53.4 Å². The van der Waals surface area contributed by atoms with Gasteiger partial charge in [-0.3, -0.25) is 9.59 Å². The van der Waals surface area contributed by atoms with Gasteiger partial charge in [0.2, 0.25) is 0 Å². The van der Waals surface area contributed by atoms with Gasteiger partial charge in [-0.2, -0.15) is 0 Å². The molecule has 0 aromatic heterocycles. The molecule has 0 bridgehead atoms. The second-order valence-corrected chi connectivity index (χ2v) is 5.17. The van der Waals surface area contributed by atoms with Gasteiger partial charge in [-0.15, -0.1) is 0 Å². The van der Waals surface area contributed by atoms with Crippen molar-refractivity contribution in [3.63, 3.8) is 0 Å². The third-order valence-electron chi connectivity index (χ3n) is 3.50. The number of unbranched alkanes of at least 4 members (excludes halogenated alkanes) is 2. The third-order valence-corrected chi connectivity index (χ3v) is 3.50. The topological polar surface area (TPSA) is 74.6 Å². The Morgan fingerprint density at radius 2 is 1.05 bits per heavy atom. The maximum absolute atomic E-state index is 10.4. The minimum absolute atomic E-state index is 0. The number of aliphatic carboxylic acids is 2. The molecule has 2 atom stereocenters. The molecule has 4 nitrogen and oxygen atoms in total. The maximum atomic E-state index is 10.4. The van der Waals surface area contributed by atoms with Crippen molar-refractivity contribution in [3.8, 4) is 0 Å². The fourth-order valence-corrected chi connectivity index (χ4v) is 1.91. The molecule has 0 aliphatic rings. The second kappa shape index (κ2) is 18.2. The Morgan fingerprint density at radius 3 is 1.19 bits per heavy atom. The van der Waals surface area contributed by atoms with Crippen LogP contribution in [0.15, 0.2) is 0 Å². The van der Waals surface area contributed by atoms with Gasteiger partial charge in [0.05, 0.1) is 11.8 Å². The Balaban J connectivity index is -0.000000295. The Labute approximate surface area is 159 Å². The number of hydrogen-bond acceptors (Lipinski definition) is 2.